The van der Waals surface area contributed by atoms with Crippen LogP contribution in [0, 0.1) is 0 Å². The van der Waals surface area contributed by atoms with Crippen LogP contribution in [0.3, 0.4) is 0 Å². The van der Waals surface area contributed by atoms with Crippen molar-refractivity contribution in [2.24, 2.45) is 4.99 Å². The zero-order valence-electron chi connectivity index (χ0n) is 15.2. The van der Waals surface area contributed by atoms with Gasteiger partial charge in [0.2, 0.25) is 0 Å². The number of hydrogen-bond acceptors (Lipinski definition) is 2. The maximum absolute atomic E-state index is 12.7. The van der Waals surface area contributed by atoms with Crippen molar-refractivity contribution in [3.63, 3.8) is 0 Å². The lowest BCUT2D eigenvalue weighted by Crippen LogP contribution is -2.22. The maximum Gasteiger partial charge on any atom is 0.279 e. The molecule has 5 rings (SSSR count). The summed E-state index contributed by atoms with van der Waals surface area (Å²) in [5.41, 5.74) is 3.16. The summed E-state index contributed by atoms with van der Waals surface area (Å²) in [5, 5.41) is 13.4. The van der Waals surface area contributed by atoms with Gasteiger partial charge in [-0.3, -0.25) is 4.79 Å². The summed E-state index contributed by atoms with van der Waals surface area (Å²) in [4.78, 5) is 16.9. The second kappa shape index (κ2) is 6.50. The Morgan fingerprint density at radius 2 is 1.57 bits per heavy atom. The van der Waals surface area contributed by atoms with Crippen LogP contribution in [0.2, 0.25) is 0 Å². The van der Waals surface area contributed by atoms with E-state index in [1.54, 1.807) is 0 Å². The number of aromatic hydroxyl groups is 1. The van der Waals surface area contributed by atoms with Gasteiger partial charge in [0, 0.05) is 17.1 Å². The number of nitrogens with zero attached hydrogens (tertiary/aromatic N) is 2. The van der Waals surface area contributed by atoms with Gasteiger partial charge in [-0.15, -0.1) is 0 Å². The lowest BCUT2D eigenvalue weighted by atomic mass is 10.0. The maximum atomic E-state index is 12.7. The first-order valence-corrected chi connectivity index (χ1v) is 9.31. The number of aromatic nitrogens is 1. The normalized spacial score (nSPS) is 13.0. The smallest absolute Gasteiger partial charge is 0.279 e. The standard InChI is InChI=1S/C24H18N2O2/c27-23-21(17-10-4-6-12-19(17)25-23)22-18-11-5-7-13-20(18)26(24(22)28)15-14-16-8-2-1-3-9-16/h1-13,28H,14-15H2. The van der Waals surface area contributed by atoms with E-state index in [1.165, 1.54) is 5.56 Å². The molecule has 0 saturated carbocycles. The average Bonchev–Trinajstić information content (AvgIpc) is 3.19. The van der Waals surface area contributed by atoms with Crippen LogP contribution in [0.5, 0.6) is 5.88 Å². The van der Waals surface area contributed by atoms with E-state index in [1.807, 2.05) is 71.3 Å². The summed E-state index contributed by atoms with van der Waals surface area (Å²) >= 11 is 0. The monoisotopic (exact) mass is 366 g/mol. The first kappa shape index (κ1) is 16.5. The molecule has 4 heteroatoms. The number of hydrogen-bond donors (Lipinski definition) is 1. The molecule has 4 aromatic rings. The molecule has 1 aliphatic rings. The van der Waals surface area contributed by atoms with Crippen molar-refractivity contribution in [1.29, 1.82) is 0 Å². The molecule has 136 valence electrons. The van der Waals surface area contributed by atoms with E-state index in [4.69, 9.17) is 0 Å². The Morgan fingerprint density at radius 1 is 0.857 bits per heavy atom. The molecule has 1 aromatic heterocycles. The van der Waals surface area contributed by atoms with Crippen molar-refractivity contribution in [3.8, 4) is 5.88 Å². The van der Waals surface area contributed by atoms with Crippen LogP contribution < -0.4 is 10.6 Å². The van der Waals surface area contributed by atoms with Gasteiger partial charge in [-0.2, -0.15) is 0 Å². The van der Waals surface area contributed by atoms with Crippen LogP contribution in [-0.4, -0.2) is 15.6 Å². The van der Waals surface area contributed by atoms with E-state index in [9.17, 15) is 9.90 Å². The van der Waals surface area contributed by atoms with Crippen molar-refractivity contribution in [2.75, 3.05) is 0 Å². The predicted molar refractivity (Wildman–Crippen MR) is 108 cm³/mol. The molecule has 1 amide bonds. The van der Waals surface area contributed by atoms with Crippen molar-refractivity contribution in [2.45, 2.75) is 13.0 Å². The average molecular weight is 366 g/mol. The highest BCUT2D eigenvalue weighted by molar-refractivity contribution is 6.24. The van der Waals surface area contributed by atoms with Gasteiger partial charge in [-0.1, -0.05) is 66.7 Å². The Morgan fingerprint density at radius 3 is 2.43 bits per heavy atom. The van der Waals surface area contributed by atoms with Crippen LogP contribution >= 0.6 is 0 Å². The fraction of sp³-hybridized carbons (Fsp3) is 0.0833. The second-order valence-corrected chi connectivity index (χ2v) is 6.91. The third-order valence-electron chi connectivity index (χ3n) is 5.27. The Balaban J connectivity index is 1.71. The van der Waals surface area contributed by atoms with Gasteiger partial charge < -0.3 is 9.67 Å². The number of benzene rings is 3. The van der Waals surface area contributed by atoms with Gasteiger partial charge in [-0.25, -0.2) is 4.99 Å². The van der Waals surface area contributed by atoms with Crippen molar-refractivity contribution >= 4 is 22.4 Å². The number of aryl methyl sites for hydroxylation is 2. The Bertz CT molecular complexity index is 1330. The molecule has 0 atom stereocenters. The van der Waals surface area contributed by atoms with E-state index in [2.05, 4.69) is 17.1 Å². The zero-order valence-corrected chi connectivity index (χ0v) is 15.2. The number of rotatable bonds is 4. The quantitative estimate of drug-likeness (QED) is 0.604. The van der Waals surface area contributed by atoms with Gasteiger partial charge in [-0.05, 0) is 24.1 Å². The molecule has 4 nitrogen and oxygen atoms in total. The Hall–Kier alpha value is -3.66. The molecule has 0 bridgehead atoms. The fourth-order valence-corrected chi connectivity index (χ4v) is 3.95. The summed E-state index contributed by atoms with van der Waals surface area (Å²) in [5.74, 6) is -0.185. The second-order valence-electron chi connectivity index (χ2n) is 6.91. The molecule has 2 heterocycles. The van der Waals surface area contributed by atoms with Gasteiger partial charge >= 0.3 is 0 Å². The molecule has 0 fully saturated rings. The molecule has 1 aliphatic heterocycles. The first-order chi connectivity index (χ1) is 13.7. The van der Waals surface area contributed by atoms with Crippen molar-refractivity contribution in [3.05, 3.63) is 101 Å². The van der Waals surface area contributed by atoms with Crippen LogP contribution in [0.25, 0.3) is 16.5 Å². The van der Waals surface area contributed by atoms with Crippen molar-refractivity contribution in [1.82, 2.24) is 4.57 Å². The molecule has 0 aliphatic carbocycles. The van der Waals surface area contributed by atoms with E-state index >= 15 is 0 Å². The predicted octanol–water partition coefficient (Wildman–Crippen LogP) is 2.95. The highest BCUT2D eigenvalue weighted by Crippen LogP contribution is 2.36. The van der Waals surface area contributed by atoms with Gasteiger partial charge in [0.1, 0.15) is 0 Å². The molecule has 0 unspecified atom stereocenters. The molecule has 0 saturated heterocycles. The van der Waals surface area contributed by atoms with Crippen LogP contribution in [0.4, 0.5) is 0 Å². The molecule has 1 N–H and O–H groups in total. The zero-order chi connectivity index (χ0) is 19.1. The summed E-state index contributed by atoms with van der Waals surface area (Å²) in [7, 11) is 0. The Kier molecular flexibility index (Phi) is 3.83. The molecule has 3 aromatic carbocycles. The minimum absolute atomic E-state index is 0.118. The number of carbonyl (C=O) groups excluding carboxylic acids is 1. The number of amides is 1. The minimum Gasteiger partial charge on any atom is -0.494 e. The van der Waals surface area contributed by atoms with Crippen LogP contribution in [0.15, 0.2) is 83.9 Å². The number of carbonyl (C=O) groups is 1. The largest absolute Gasteiger partial charge is 0.494 e. The molecule has 28 heavy (non-hydrogen) atoms. The van der Waals surface area contributed by atoms with Crippen LogP contribution in [-0.2, 0) is 17.8 Å². The molecular formula is C24H18N2O2. The summed E-state index contributed by atoms with van der Waals surface area (Å²) < 4.78 is 1.89. The van der Waals surface area contributed by atoms with Gasteiger partial charge in [0.25, 0.3) is 5.91 Å². The fourth-order valence-electron chi connectivity index (χ4n) is 3.95. The molecule has 0 spiro atoms. The summed E-state index contributed by atoms with van der Waals surface area (Å²) in [6.45, 7) is 0.622. The third kappa shape index (κ3) is 2.54. The Labute approximate surface area is 161 Å². The van der Waals surface area contributed by atoms with E-state index in [-0.39, 0.29) is 11.8 Å². The third-order valence-corrected chi connectivity index (χ3v) is 5.27. The molecule has 0 radical (unpaired) electrons. The van der Waals surface area contributed by atoms with E-state index < -0.39 is 0 Å². The highest BCUT2D eigenvalue weighted by Gasteiger charge is 2.26. The first-order valence-electron chi connectivity index (χ1n) is 9.31. The highest BCUT2D eigenvalue weighted by atomic mass is 16.3. The number of para-hydroxylation sites is 2. The topological polar surface area (TPSA) is 54.6 Å². The summed E-state index contributed by atoms with van der Waals surface area (Å²) in [6.07, 6.45) is 0.788. The summed E-state index contributed by atoms with van der Waals surface area (Å²) in [6, 6.07) is 25.4. The lowest BCUT2D eigenvalue weighted by Gasteiger charge is -2.08. The van der Waals surface area contributed by atoms with Gasteiger partial charge in [0.15, 0.2) is 5.88 Å². The number of fused-ring (bicyclic) bond motifs is 2. The lowest BCUT2D eigenvalue weighted by molar-refractivity contribution is -0.112. The molecular weight excluding hydrogens is 348 g/mol. The van der Waals surface area contributed by atoms with Gasteiger partial charge in [0.05, 0.1) is 22.0 Å². The van der Waals surface area contributed by atoms with E-state index in [0.29, 0.717) is 23.0 Å². The van der Waals surface area contributed by atoms with Crippen molar-refractivity contribution < 1.29 is 9.90 Å². The van der Waals surface area contributed by atoms with Crippen LogP contribution in [0.1, 0.15) is 11.1 Å². The minimum atomic E-state index is -0.303. The SMILES string of the molecule is O=C1N=c2ccccc2=C1c1c(O)n(CCc2ccccc2)c2ccccc12. The van der Waals surface area contributed by atoms with E-state index in [0.717, 1.165) is 22.5 Å².